The fourth-order valence-corrected chi connectivity index (χ4v) is 3.35. The summed E-state index contributed by atoms with van der Waals surface area (Å²) in [5, 5.41) is 2.74. The van der Waals surface area contributed by atoms with Crippen molar-refractivity contribution >= 4 is 40.7 Å². The van der Waals surface area contributed by atoms with Crippen LogP contribution in [0.25, 0.3) is 5.69 Å². The minimum Gasteiger partial charge on any atom is -0.494 e. The molecule has 0 aliphatic rings. The predicted octanol–water partition coefficient (Wildman–Crippen LogP) is 2.58. The number of carbonyl (C=O) groups is 1. The number of hydrogen-bond donors (Lipinski definition) is 3. The Labute approximate surface area is 187 Å². The van der Waals surface area contributed by atoms with Gasteiger partial charge in [-0.2, -0.15) is 0 Å². The maximum Gasteiger partial charge on any atom is 0.273 e. The highest BCUT2D eigenvalue weighted by atomic mass is 35.5. The van der Waals surface area contributed by atoms with Crippen LogP contribution in [-0.4, -0.2) is 32.0 Å². The lowest BCUT2D eigenvalue weighted by Gasteiger charge is -2.14. The van der Waals surface area contributed by atoms with E-state index >= 15 is 0 Å². The van der Waals surface area contributed by atoms with E-state index in [4.69, 9.17) is 39.4 Å². The molecule has 1 aromatic carbocycles. The van der Waals surface area contributed by atoms with Crippen LogP contribution in [0.1, 0.15) is 35.9 Å². The smallest absolute Gasteiger partial charge is 0.273 e. The van der Waals surface area contributed by atoms with Crippen molar-refractivity contribution in [2.45, 2.75) is 19.9 Å². The van der Waals surface area contributed by atoms with Gasteiger partial charge in [-0.25, -0.2) is 9.97 Å². The number of nitrogens with two attached hydrogens (primary N) is 2. The minimum absolute atomic E-state index is 0.103. The second kappa shape index (κ2) is 9.29. The molecule has 0 bridgehead atoms. The molecule has 31 heavy (non-hydrogen) atoms. The predicted molar refractivity (Wildman–Crippen MR) is 118 cm³/mol. The molecule has 162 valence electrons. The number of anilines is 2. The SMILES string of the molecule is CCOc1cc(Cl)c(-n2cnc(N)c(C(=O)Nc3cncc([C@@H](C)N)n3)c2=O)c(Cl)c1. The minimum atomic E-state index is -0.821. The first-order valence-electron chi connectivity index (χ1n) is 9.11. The Morgan fingerprint density at radius 1 is 1.29 bits per heavy atom. The summed E-state index contributed by atoms with van der Waals surface area (Å²) >= 11 is 12.6. The number of ether oxygens (including phenoxy) is 1. The molecule has 3 rings (SSSR count). The van der Waals surface area contributed by atoms with E-state index in [1.54, 1.807) is 6.92 Å². The lowest BCUT2D eigenvalue weighted by molar-refractivity contribution is 0.102. The van der Waals surface area contributed by atoms with Gasteiger partial charge in [-0.05, 0) is 13.8 Å². The zero-order chi connectivity index (χ0) is 22.7. The van der Waals surface area contributed by atoms with Gasteiger partial charge in [0.15, 0.2) is 5.82 Å². The highest BCUT2D eigenvalue weighted by Gasteiger charge is 2.22. The summed E-state index contributed by atoms with van der Waals surface area (Å²) in [7, 11) is 0. The maximum atomic E-state index is 13.1. The maximum absolute atomic E-state index is 13.1. The van der Waals surface area contributed by atoms with Crippen molar-refractivity contribution in [3.05, 3.63) is 62.5 Å². The molecule has 0 aliphatic heterocycles. The van der Waals surface area contributed by atoms with Gasteiger partial charge in [-0.15, -0.1) is 0 Å². The second-order valence-corrected chi connectivity index (χ2v) is 7.23. The van der Waals surface area contributed by atoms with Gasteiger partial charge in [-0.1, -0.05) is 23.2 Å². The van der Waals surface area contributed by atoms with Crippen LogP contribution >= 0.6 is 23.2 Å². The number of aromatic nitrogens is 4. The van der Waals surface area contributed by atoms with Gasteiger partial charge < -0.3 is 21.5 Å². The van der Waals surface area contributed by atoms with E-state index in [9.17, 15) is 9.59 Å². The average molecular weight is 464 g/mol. The first-order chi connectivity index (χ1) is 14.7. The van der Waals surface area contributed by atoms with Crippen LogP contribution in [0.2, 0.25) is 10.0 Å². The first kappa shape index (κ1) is 22.5. The van der Waals surface area contributed by atoms with E-state index in [1.807, 2.05) is 6.92 Å². The Morgan fingerprint density at radius 3 is 2.58 bits per heavy atom. The first-order valence-corrected chi connectivity index (χ1v) is 9.86. The zero-order valence-electron chi connectivity index (χ0n) is 16.6. The standard InChI is InChI=1S/C19H19Cl2N7O3/c1-3-31-10-4-11(20)16(12(21)5-10)28-8-25-17(23)15(19(28)30)18(29)27-14-7-24-6-13(26-14)9(2)22/h4-9H,3,22-23H2,1-2H3,(H,26,27,29)/t9-/m1/s1. The fourth-order valence-electron chi connectivity index (χ4n) is 2.70. The number of benzene rings is 1. The largest absolute Gasteiger partial charge is 0.494 e. The normalized spacial score (nSPS) is 11.8. The van der Waals surface area contributed by atoms with Crippen LogP contribution in [0, 0.1) is 0 Å². The van der Waals surface area contributed by atoms with Gasteiger partial charge in [-0.3, -0.25) is 19.1 Å². The summed E-state index contributed by atoms with van der Waals surface area (Å²) < 4.78 is 6.42. The molecular formula is C19H19Cl2N7O3. The number of hydrogen-bond acceptors (Lipinski definition) is 8. The number of carbonyl (C=O) groups excluding carboxylic acids is 1. The van der Waals surface area contributed by atoms with Gasteiger partial charge in [0.25, 0.3) is 11.5 Å². The summed E-state index contributed by atoms with van der Waals surface area (Å²) in [6.07, 6.45) is 3.93. The van der Waals surface area contributed by atoms with E-state index in [0.717, 1.165) is 10.9 Å². The van der Waals surface area contributed by atoms with Crippen LogP contribution < -0.4 is 27.1 Å². The highest BCUT2D eigenvalue weighted by Crippen LogP contribution is 2.32. The Kier molecular flexibility index (Phi) is 6.74. The highest BCUT2D eigenvalue weighted by molar-refractivity contribution is 6.38. The molecule has 1 atom stereocenters. The average Bonchev–Trinajstić information content (AvgIpc) is 2.69. The zero-order valence-corrected chi connectivity index (χ0v) is 18.1. The molecule has 1 amide bonds. The van der Waals surface area contributed by atoms with Crippen LogP contribution in [0.5, 0.6) is 5.75 Å². The van der Waals surface area contributed by atoms with Gasteiger partial charge in [0.05, 0.1) is 40.4 Å². The molecule has 0 saturated carbocycles. The number of nitrogens with one attached hydrogen (secondary N) is 1. The van der Waals surface area contributed by atoms with E-state index in [-0.39, 0.29) is 27.4 Å². The number of halogens is 2. The second-order valence-electron chi connectivity index (χ2n) is 6.42. The molecule has 12 heteroatoms. The molecule has 2 heterocycles. The van der Waals surface area contributed by atoms with E-state index < -0.39 is 23.1 Å². The number of amides is 1. The van der Waals surface area contributed by atoms with Crippen LogP contribution in [0.3, 0.4) is 0 Å². The quantitative estimate of drug-likeness (QED) is 0.504. The molecule has 3 aromatic rings. The third-order valence-electron chi connectivity index (χ3n) is 4.13. The summed E-state index contributed by atoms with van der Waals surface area (Å²) in [6.45, 7) is 3.94. The molecule has 0 saturated heterocycles. The monoisotopic (exact) mass is 463 g/mol. The van der Waals surface area contributed by atoms with E-state index in [0.29, 0.717) is 18.1 Å². The van der Waals surface area contributed by atoms with Crippen molar-refractivity contribution in [3.63, 3.8) is 0 Å². The van der Waals surface area contributed by atoms with Crippen LogP contribution in [0.4, 0.5) is 11.6 Å². The summed E-state index contributed by atoms with van der Waals surface area (Å²) in [5.41, 5.74) is 11.0. The summed E-state index contributed by atoms with van der Waals surface area (Å²) in [5.74, 6) is -0.554. The van der Waals surface area contributed by atoms with Gasteiger partial charge >= 0.3 is 0 Å². The van der Waals surface area contributed by atoms with Crippen molar-refractivity contribution < 1.29 is 9.53 Å². The molecule has 0 fully saturated rings. The molecule has 0 spiro atoms. The van der Waals surface area contributed by atoms with Crippen LogP contribution in [-0.2, 0) is 0 Å². The Hall–Kier alpha value is -3.21. The van der Waals surface area contributed by atoms with Gasteiger partial charge in [0.1, 0.15) is 23.5 Å². The van der Waals surface area contributed by atoms with Crippen molar-refractivity contribution in [2.24, 2.45) is 5.73 Å². The summed E-state index contributed by atoms with van der Waals surface area (Å²) in [6, 6.07) is 2.61. The number of nitrogens with zero attached hydrogens (tertiary/aromatic N) is 4. The topological polar surface area (TPSA) is 151 Å². The number of nitrogen functional groups attached to an aromatic ring is 1. The molecule has 2 aromatic heterocycles. The van der Waals surface area contributed by atoms with Crippen molar-refractivity contribution in [1.29, 1.82) is 0 Å². The van der Waals surface area contributed by atoms with Crippen molar-refractivity contribution in [2.75, 3.05) is 17.7 Å². The van der Waals surface area contributed by atoms with E-state index in [1.165, 1.54) is 24.5 Å². The third kappa shape index (κ3) is 4.76. The van der Waals surface area contributed by atoms with E-state index in [2.05, 4.69) is 20.3 Å². The Balaban J connectivity index is 2.03. The number of rotatable bonds is 6. The van der Waals surface area contributed by atoms with Crippen LogP contribution in [0.15, 0.2) is 35.6 Å². The van der Waals surface area contributed by atoms with Crippen molar-refractivity contribution in [3.8, 4) is 11.4 Å². The third-order valence-corrected chi connectivity index (χ3v) is 4.71. The van der Waals surface area contributed by atoms with Crippen molar-refractivity contribution in [1.82, 2.24) is 19.5 Å². The Morgan fingerprint density at radius 2 is 1.97 bits per heavy atom. The molecule has 5 N–H and O–H groups in total. The molecule has 0 unspecified atom stereocenters. The molecule has 0 aliphatic carbocycles. The fraction of sp³-hybridized carbons (Fsp3) is 0.211. The molecule has 10 nitrogen and oxygen atoms in total. The molecular weight excluding hydrogens is 445 g/mol. The lowest BCUT2D eigenvalue weighted by Crippen LogP contribution is -2.31. The lowest BCUT2D eigenvalue weighted by atomic mass is 10.2. The Bertz CT molecular complexity index is 1170. The summed E-state index contributed by atoms with van der Waals surface area (Å²) in [4.78, 5) is 38.0. The van der Waals surface area contributed by atoms with Gasteiger partial charge in [0.2, 0.25) is 0 Å². The van der Waals surface area contributed by atoms with Gasteiger partial charge in [0, 0.05) is 18.2 Å². The molecule has 0 radical (unpaired) electrons.